The molecule has 1 aliphatic carbocycles. The third kappa shape index (κ3) is 3.32. The minimum absolute atomic E-state index is 0.263. The summed E-state index contributed by atoms with van der Waals surface area (Å²) in [5.41, 5.74) is 1.10. The lowest BCUT2D eigenvalue weighted by Crippen LogP contribution is -2.08. The van der Waals surface area contributed by atoms with Crippen LogP contribution in [0.5, 0.6) is 5.75 Å². The van der Waals surface area contributed by atoms with Gasteiger partial charge in [-0.3, -0.25) is 0 Å². The van der Waals surface area contributed by atoms with E-state index in [1.54, 1.807) is 12.1 Å². The molecule has 1 saturated carbocycles. The molecule has 1 N–H and O–H groups in total. The van der Waals surface area contributed by atoms with Crippen LogP contribution in [0.25, 0.3) is 0 Å². The van der Waals surface area contributed by atoms with Gasteiger partial charge in [-0.1, -0.05) is 11.9 Å². The van der Waals surface area contributed by atoms with Gasteiger partial charge in [0.05, 0.1) is 17.9 Å². The smallest absolute Gasteiger partial charge is 0.335 e. The van der Waals surface area contributed by atoms with Crippen LogP contribution >= 0.6 is 11.9 Å². The van der Waals surface area contributed by atoms with Gasteiger partial charge in [-0.25, -0.2) is 4.79 Å². The van der Waals surface area contributed by atoms with Crippen molar-refractivity contribution in [1.82, 2.24) is 0 Å². The molecule has 0 aliphatic heterocycles. The molecule has 5 heteroatoms. The van der Waals surface area contributed by atoms with E-state index in [1.165, 1.54) is 24.8 Å². The van der Waals surface area contributed by atoms with E-state index < -0.39 is 5.97 Å². The summed E-state index contributed by atoms with van der Waals surface area (Å²) in [6.45, 7) is 0.686. The zero-order valence-corrected chi connectivity index (χ0v) is 11.4. The van der Waals surface area contributed by atoms with Gasteiger partial charge in [-0.15, -0.1) is 0 Å². The van der Waals surface area contributed by atoms with Crippen molar-refractivity contribution in [2.45, 2.75) is 12.8 Å². The summed E-state index contributed by atoms with van der Waals surface area (Å²) in [5, 5.41) is 9.10. The molecule has 4 nitrogen and oxygen atoms in total. The zero-order valence-electron chi connectivity index (χ0n) is 10.5. The molecule has 0 atom stereocenters. The van der Waals surface area contributed by atoms with Crippen LogP contribution in [0.2, 0.25) is 0 Å². The van der Waals surface area contributed by atoms with Gasteiger partial charge in [0.1, 0.15) is 5.75 Å². The number of carboxylic acids is 1. The molecule has 0 bridgehead atoms. The van der Waals surface area contributed by atoms with Crippen molar-refractivity contribution < 1.29 is 14.6 Å². The van der Waals surface area contributed by atoms with Crippen molar-refractivity contribution in [3.05, 3.63) is 23.8 Å². The van der Waals surface area contributed by atoms with Crippen LogP contribution < -0.4 is 9.04 Å². The standard InChI is InChI=1S/C13H17NO3S/c1-14(18-2)11-5-10(13(15)16)6-12(7-11)17-8-9-3-4-9/h5-7,9H,3-4,8H2,1-2H3,(H,15,16). The Labute approximate surface area is 111 Å². The zero-order chi connectivity index (χ0) is 13.1. The highest BCUT2D eigenvalue weighted by Gasteiger charge is 2.22. The quantitative estimate of drug-likeness (QED) is 0.803. The molecule has 0 radical (unpaired) electrons. The van der Waals surface area contributed by atoms with Crippen LogP contribution in [0, 0.1) is 5.92 Å². The lowest BCUT2D eigenvalue weighted by Gasteiger charge is -2.17. The first-order chi connectivity index (χ1) is 8.60. The summed E-state index contributed by atoms with van der Waals surface area (Å²) in [7, 11) is 1.90. The Hall–Kier alpha value is -1.36. The molecule has 0 aromatic heterocycles. The first kappa shape index (κ1) is 13.1. The lowest BCUT2D eigenvalue weighted by atomic mass is 10.2. The topological polar surface area (TPSA) is 49.8 Å². The number of benzene rings is 1. The van der Waals surface area contributed by atoms with Crippen molar-refractivity contribution >= 4 is 23.6 Å². The van der Waals surface area contributed by atoms with Gasteiger partial charge in [0.25, 0.3) is 0 Å². The largest absolute Gasteiger partial charge is 0.493 e. The molecule has 0 amide bonds. The lowest BCUT2D eigenvalue weighted by molar-refractivity contribution is 0.0696. The Kier molecular flexibility index (Phi) is 4.01. The highest BCUT2D eigenvalue weighted by molar-refractivity contribution is 7.99. The van der Waals surface area contributed by atoms with Crippen LogP contribution in [0.4, 0.5) is 5.69 Å². The van der Waals surface area contributed by atoms with E-state index in [0.717, 1.165) is 5.69 Å². The number of carboxylic acid groups (broad SMARTS) is 1. The predicted molar refractivity (Wildman–Crippen MR) is 73.5 cm³/mol. The fourth-order valence-corrected chi connectivity index (χ4v) is 1.89. The van der Waals surface area contributed by atoms with Crippen molar-refractivity contribution in [2.75, 3.05) is 24.2 Å². The summed E-state index contributed by atoms with van der Waals surface area (Å²) in [5.74, 6) is 0.362. The molecular formula is C13H17NO3S. The van der Waals surface area contributed by atoms with E-state index in [1.807, 2.05) is 23.7 Å². The summed E-state index contributed by atoms with van der Waals surface area (Å²) in [6, 6.07) is 5.12. The predicted octanol–water partition coefficient (Wildman–Crippen LogP) is 2.89. The highest BCUT2D eigenvalue weighted by Crippen LogP contribution is 2.31. The van der Waals surface area contributed by atoms with E-state index in [4.69, 9.17) is 9.84 Å². The molecule has 0 spiro atoms. The molecule has 1 aromatic carbocycles. The number of ether oxygens (including phenoxy) is 1. The first-order valence-electron chi connectivity index (χ1n) is 5.89. The molecule has 1 aromatic rings. The second-order valence-corrected chi connectivity index (χ2v) is 5.37. The maximum atomic E-state index is 11.1. The second-order valence-electron chi connectivity index (χ2n) is 4.46. The van der Waals surface area contributed by atoms with E-state index in [2.05, 4.69) is 0 Å². The van der Waals surface area contributed by atoms with Crippen LogP contribution in [0.15, 0.2) is 18.2 Å². The van der Waals surface area contributed by atoms with Crippen molar-refractivity contribution in [3.63, 3.8) is 0 Å². The second kappa shape index (κ2) is 5.52. The Balaban J connectivity index is 2.20. The number of nitrogens with zero attached hydrogens (tertiary/aromatic N) is 1. The summed E-state index contributed by atoms with van der Waals surface area (Å²) in [6.07, 6.45) is 4.38. The number of rotatable bonds is 6. The normalized spacial score (nSPS) is 14.3. The Morgan fingerprint density at radius 2 is 2.22 bits per heavy atom. The van der Waals surface area contributed by atoms with E-state index in [0.29, 0.717) is 18.3 Å². The van der Waals surface area contributed by atoms with Crippen molar-refractivity contribution in [1.29, 1.82) is 0 Å². The molecule has 0 heterocycles. The minimum Gasteiger partial charge on any atom is -0.493 e. The minimum atomic E-state index is -0.928. The number of anilines is 1. The average molecular weight is 267 g/mol. The molecule has 1 fully saturated rings. The van der Waals surface area contributed by atoms with E-state index >= 15 is 0 Å². The van der Waals surface area contributed by atoms with Crippen LogP contribution in [-0.2, 0) is 0 Å². The van der Waals surface area contributed by atoms with Gasteiger partial charge in [0.2, 0.25) is 0 Å². The average Bonchev–Trinajstić information content (AvgIpc) is 3.19. The van der Waals surface area contributed by atoms with E-state index in [-0.39, 0.29) is 5.56 Å². The third-order valence-corrected chi connectivity index (χ3v) is 3.72. The van der Waals surface area contributed by atoms with E-state index in [9.17, 15) is 4.79 Å². The SMILES string of the molecule is CSN(C)c1cc(OCC2CC2)cc(C(=O)O)c1. The highest BCUT2D eigenvalue weighted by atomic mass is 32.2. The van der Waals surface area contributed by atoms with Crippen LogP contribution in [-0.4, -0.2) is 31.0 Å². The first-order valence-corrected chi connectivity index (χ1v) is 7.07. The maximum absolute atomic E-state index is 11.1. The fourth-order valence-electron chi connectivity index (χ4n) is 1.58. The molecule has 0 saturated heterocycles. The molecule has 1 aliphatic rings. The van der Waals surface area contributed by atoms with Gasteiger partial charge in [-0.05, 0) is 30.9 Å². The number of hydrogen-bond donors (Lipinski definition) is 1. The molecule has 18 heavy (non-hydrogen) atoms. The summed E-state index contributed by atoms with van der Waals surface area (Å²) >= 11 is 1.53. The molecule has 98 valence electrons. The Morgan fingerprint density at radius 3 is 2.78 bits per heavy atom. The Bertz CT molecular complexity index is 446. The van der Waals surface area contributed by atoms with Gasteiger partial charge in [0, 0.05) is 19.4 Å². The van der Waals surface area contributed by atoms with Crippen LogP contribution in [0.1, 0.15) is 23.2 Å². The van der Waals surface area contributed by atoms with Gasteiger partial charge in [-0.2, -0.15) is 0 Å². The van der Waals surface area contributed by atoms with Gasteiger partial charge in [0.15, 0.2) is 0 Å². The number of hydrogen-bond acceptors (Lipinski definition) is 4. The van der Waals surface area contributed by atoms with Crippen LogP contribution in [0.3, 0.4) is 0 Å². The number of aromatic carboxylic acids is 1. The summed E-state index contributed by atoms with van der Waals surface area (Å²) in [4.78, 5) is 11.1. The summed E-state index contributed by atoms with van der Waals surface area (Å²) < 4.78 is 7.57. The van der Waals surface area contributed by atoms with Crippen molar-refractivity contribution in [3.8, 4) is 5.75 Å². The molecular weight excluding hydrogens is 250 g/mol. The van der Waals surface area contributed by atoms with Gasteiger partial charge >= 0.3 is 5.97 Å². The fraction of sp³-hybridized carbons (Fsp3) is 0.462. The maximum Gasteiger partial charge on any atom is 0.335 e. The monoisotopic (exact) mass is 267 g/mol. The third-order valence-electron chi connectivity index (χ3n) is 2.96. The molecule has 2 rings (SSSR count). The number of carbonyl (C=O) groups is 1. The van der Waals surface area contributed by atoms with Crippen molar-refractivity contribution in [2.24, 2.45) is 5.92 Å². The Morgan fingerprint density at radius 1 is 1.50 bits per heavy atom. The molecule has 0 unspecified atom stereocenters. The van der Waals surface area contributed by atoms with Gasteiger partial charge < -0.3 is 14.1 Å².